The second-order valence-electron chi connectivity index (χ2n) is 6.29. The van der Waals surface area contributed by atoms with Crippen LogP contribution in [0.2, 0.25) is 10.0 Å². The fraction of sp³-hybridized carbons (Fsp3) is 0.375. The van der Waals surface area contributed by atoms with Crippen molar-refractivity contribution in [2.45, 2.75) is 39.3 Å². The maximum absolute atomic E-state index is 11.9. The molecule has 0 saturated carbocycles. The largest absolute Gasteiger partial charge is 0.444 e. The number of carbonyl (C=O) groups is 1. The summed E-state index contributed by atoms with van der Waals surface area (Å²) in [4.78, 5) is 23.6. The fourth-order valence-electron chi connectivity index (χ4n) is 2.01. The second kappa shape index (κ2) is 7.32. The van der Waals surface area contributed by atoms with Gasteiger partial charge in [-0.15, -0.1) is 0 Å². The van der Waals surface area contributed by atoms with E-state index in [0.29, 0.717) is 23.0 Å². The highest BCUT2D eigenvalue weighted by molar-refractivity contribution is 6.42. The average molecular weight is 372 g/mol. The van der Waals surface area contributed by atoms with E-state index in [0.717, 1.165) is 5.56 Å². The summed E-state index contributed by atoms with van der Waals surface area (Å²) in [7, 11) is 0. The van der Waals surface area contributed by atoms with Crippen molar-refractivity contribution in [3.63, 3.8) is 0 Å². The predicted octanol–water partition coefficient (Wildman–Crippen LogP) is 4.07. The number of halogens is 2. The van der Waals surface area contributed by atoms with Crippen LogP contribution in [0.3, 0.4) is 0 Å². The molecule has 24 heavy (non-hydrogen) atoms. The van der Waals surface area contributed by atoms with Crippen LogP contribution in [0.25, 0.3) is 0 Å². The van der Waals surface area contributed by atoms with E-state index in [1.807, 2.05) is 6.07 Å². The SMILES string of the molecule is CC(C)(C)OC(=O)Nc1cc(=O)n(CCc2ccc(Cl)c(Cl)c2)[nH]1. The molecule has 0 aliphatic heterocycles. The normalized spacial score (nSPS) is 11.4. The molecule has 2 rings (SSSR count). The third-order valence-electron chi connectivity index (χ3n) is 3.03. The molecule has 8 heteroatoms. The van der Waals surface area contributed by atoms with Crippen LogP contribution in [-0.4, -0.2) is 21.5 Å². The van der Waals surface area contributed by atoms with E-state index in [-0.39, 0.29) is 11.4 Å². The molecule has 0 aliphatic carbocycles. The molecule has 2 aromatic rings. The lowest BCUT2D eigenvalue weighted by atomic mass is 10.1. The molecule has 0 aliphatic rings. The predicted molar refractivity (Wildman–Crippen MR) is 95.1 cm³/mol. The van der Waals surface area contributed by atoms with Crippen LogP contribution in [0.5, 0.6) is 0 Å². The number of aromatic amines is 1. The molecular formula is C16H19Cl2N3O3. The number of aryl methyl sites for hydroxylation is 2. The third-order valence-corrected chi connectivity index (χ3v) is 3.77. The van der Waals surface area contributed by atoms with Gasteiger partial charge in [0, 0.05) is 12.6 Å². The lowest BCUT2D eigenvalue weighted by Gasteiger charge is -2.19. The average Bonchev–Trinajstić information content (AvgIpc) is 2.78. The zero-order chi connectivity index (χ0) is 17.9. The van der Waals surface area contributed by atoms with Crippen molar-refractivity contribution < 1.29 is 9.53 Å². The second-order valence-corrected chi connectivity index (χ2v) is 7.10. The van der Waals surface area contributed by atoms with Crippen LogP contribution in [0.15, 0.2) is 29.1 Å². The summed E-state index contributed by atoms with van der Waals surface area (Å²) < 4.78 is 6.53. The van der Waals surface area contributed by atoms with Gasteiger partial charge in [-0.2, -0.15) is 0 Å². The van der Waals surface area contributed by atoms with E-state index in [1.54, 1.807) is 32.9 Å². The first kappa shape index (κ1) is 18.4. The molecule has 1 amide bonds. The number of aromatic nitrogens is 2. The Hall–Kier alpha value is -1.92. The Morgan fingerprint density at radius 3 is 2.58 bits per heavy atom. The summed E-state index contributed by atoms with van der Waals surface area (Å²) in [6.45, 7) is 5.69. The molecule has 0 saturated heterocycles. The molecule has 1 aromatic heterocycles. The minimum Gasteiger partial charge on any atom is -0.444 e. The summed E-state index contributed by atoms with van der Waals surface area (Å²) in [5, 5.41) is 6.29. The fourth-order valence-corrected chi connectivity index (χ4v) is 2.33. The summed E-state index contributed by atoms with van der Waals surface area (Å²) in [5.74, 6) is 0.281. The van der Waals surface area contributed by atoms with Gasteiger partial charge in [-0.3, -0.25) is 19.9 Å². The first-order valence-electron chi connectivity index (χ1n) is 7.38. The number of amides is 1. The van der Waals surface area contributed by atoms with E-state index in [1.165, 1.54) is 10.7 Å². The number of hydrogen-bond donors (Lipinski definition) is 2. The van der Waals surface area contributed by atoms with Crippen molar-refractivity contribution in [2.75, 3.05) is 5.32 Å². The van der Waals surface area contributed by atoms with Crippen molar-refractivity contribution in [1.29, 1.82) is 0 Å². The molecular weight excluding hydrogens is 353 g/mol. The summed E-state index contributed by atoms with van der Waals surface area (Å²) in [6.07, 6.45) is -0.0382. The van der Waals surface area contributed by atoms with Gasteiger partial charge in [-0.1, -0.05) is 29.3 Å². The van der Waals surface area contributed by atoms with E-state index in [4.69, 9.17) is 27.9 Å². The number of anilines is 1. The quantitative estimate of drug-likeness (QED) is 0.849. The molecule has 1 heterocycles. The molecule has 0 unspecified atom stereocenters. The first-order chi connectivity index (χ1) is 11.1. The highest BCUT2D eigenvalue weighted by Gasteiger charge is 2.17. The third kappa shape index (κ3) is 5.32. The van der Waals surface area contributed by atoms with Crippen LogP contribution in [0.1, 0.15) is 26.3 Å². The number of ether oxygens (including phenoxy) is 1. The Bertz CT molecular complexity index is 791. The number of nitrogens with one attached hydrogen (secondary N) is 2. The molecule has 130 valence electrons. The molecule has 0 atom stereocenters. The van der Waals surface area contributed by atoms with Crippen LogP contribution in [0, 0.1) is 0 Å². The van der Waals surface area contributed by atoms with E-state index in [9.17, 15) is 9.59 Å². The van der Waals surface area contributed by atoms with Crippen LogP contribution in [0.4, 0.5) is 10.6 Å². The maximum atomic E-state index is 11.9. The molecule has 0 radical (unpaired) electrons. The molecule has 2 N–H and O–H groups in total. The van der Waals surface area contributed by atoms with Crippen molar-refractivity contribution >= 4 is 35.1 Å². The van der Waals surface area contributed by atoms with Crippen molar-refractivity contribution in [3.8, 4) is 0 Å². The summed E-state index contributed by atoms with van der Waals surface area (Å²) >= 11 is 11.8. The zero-order valence-electron chi connectivity index (χ0n) is 13.7. The Morgan fingerprint density at radius 2 is 1.96 bits per heavy atom. The van der Waals surface area contributed by atoms with Gasteiger partial charge in [0.05, 0.1) is 10.0 Å². The Labute approximate surface area is 149 Å². The smallest absolute Gasteiger partial charge is 0.413 e. The lowest BCUT2D eigenvalue weighted by molar-refractivity contribution is 0.0635. The van der Waals surface area contributed by atoms with Gasteiger partial charge in [0.1, 0.15) is 11.4 Å². The van der Waals surface area contributed by atoms with Gasteiger partial charge < -0.3 is 4.74 Å². The Kier molecular flexibility index (Phi) is 5.62. The minimum absolute atomic E-state index is 0.249. The number of benzene rings is 1. The highest BCUT2D eigenvalue weighted by atomic mass is 35.5. The van der Waals surface area contributed by atoms with Gasteiger partial charge >= 0.3 is 6.09 Å². The van der Waals surface area contributed by atoms with Crippen LogP contribution < -0.4 is 10.9 Å². The number of H-pyrrole nitrogens is 1. The summed E-state index contributed by atoms with van der Waals surface area (Å²) in [6, 6.07) is 6.63. The maximum Gasteiger partial charge on any atom is 0.413 e. The van der Waals surface area contributed by atoms with Gasteiger partial charge in [0.25, 0.3) is 5.56 Å². The summed E-state index contributed by atoms with van der Waals surface area (Å²) in [5.41, 5.74) is 0.0922. The number of nitrogens with zero attached hydrogens (tertiary/aromatic N) is 1. The van der Waals surface area contributed by atoms with Crippen molar-refractivity contribution in [1.82, 2.24) is 9.78 Å². The topological polar surface area (TPSA) is 76.1 Å². The van der Waals surface area contributed by atoms with Gasteiger partial charge in [0.2, 0.25) is 0 Å². The number of carbonyl (C=O) groups excluding carboxylic acids is 1. The van der Waals surface area contributed by atoms with Gasteiger partial charge in [-0.05, 0) is 44.9 Å². The Balaban J connectivity index is 1.99. The van der Waals surface area contributed by atoms with E-state index >= 15 is 0 Å². The molecule has 1 aromatic carbocycles. The van der Waals surface area contributed by atoms with Gasteiger partial charge in [-0.25, -0.2) is 4.79 Å². The lowest BCUT2D eigenvalue weighted by Crippen LogP contribution is -2.27. The molecule has 6 nitrogen and oxygen atoms in total. The first-order valence-corrected chi connectivity index (χ1v) is 8.13. The van der Waals surface area contributed by atoms with E-state index < -0.39 is 11.7 Å². The molecule has 0 bridgehead atoms. The van der Waals surface area contributed by atoms with Crippen molar-refractivity contribution in [2.24, 2.45) is 0 Å². The monoisotopic (exact) mass is 371 g/mol. The number of hydrogen-bond acceptors (Lipinski definition) is 3. The van der Waals surface area contributed by atoms with E-state index in [2.05, 4.69) is 10.4 Å². The van der Waals surface area contributed by atoms with Crippen LogP contribution >= 0.6 is 23.2 Å². The number of rotatable bonds is 4. The molecule has 0 spiro atoms. The van der Waals surface area contributed by atoms with Gasteiger partial charge in [0.15, 0.2) is 0 Å². The standard InChI is InChI=1S/C16H19Cl2N3O3/c1-16(2,3)24-15(23)19-13-9-14(22)21(20-13)7-6-10-4-5-11(17)12(18)8-10/h4-5,8-9,20H,6-7H2,1-3H3,(H,19,23). The van der Waals surface area contributed by atoms with Crippen LogP contribution in [-0.2, 0) is 17.7 Å². The Morgan fingerprint density at radius 1 is 1.25 bits per heavy atom. The highest BCUT2D eigenvalue weighted by Crippen LogP contribution is 2.22. The van der Waals surface area contributed by atoms with Crippen molar-refractivity contribution in [3.05, 3.63) is 50.2 Å². The minimum atomic E-state index is -0.625. The molecule has 0 fully saturated rings. The zero-order valence-corrected chi connectivity index (χ0v) is 15.2.